The zero-order valence-corrected chi connectivity index (χ0v) is 34.8. The van der Waals surface area contributed by atoms with Crippen molar-refractivity contribution in [3.63, 3.8) is 0 Å². The highest BCUT2D eigenvalue weighted by Crippen LogP contribution is 2.43. The van der Waals surface area contributed by atoms with Crippen LogP contribution >= 0.6 is 7.82 Å². The van der Waals surface area contributed by atoms with Crippen LogP contribution in [0.15, 0.2) is 24.8 Å². The van der Waals surface area contributed by atoms with Gasteiger partial charge in [-0.2, -0.15) is 0 Å². The maximum atomic E-state index is 12.6. The lowest BCUT2D eigenvalue weighted by Gasteiger charge is -2.20. The Kier molecular flexibility index (Phi) is 36.4. The average molecular weight is 788 g/mol. The van der Waals surface area contributed by atoms with Gasteiger partial charge in [-0.25, -0.2) is 4.57 Å². The number of phosphoric ester groups is 1. The summed E-state index contributed by atoms with van der Waals surface area (Å²) >= 11 is 0. The number of ether oxygens (including phenoxy) is 2. The van der Waals surface area contributed by atoms with E-state index in [9.17, 15) is 23.8 Å². The average Bonchev–Trinajstić information content (AvgIpc) is 3.14. The minimum atomic E-state index is -4.72. The number of nitrogens with two attached hydrogens (primary N) is 1. The van der Waals surface area contributed by atoms with Crippen LogP contribution in [0.5, 0.6) is 0 Å². The zero-order chi connectivity index (χ0) is 40.0. The first-order chi connectivity index (χ1) is 26.1. The van der Waals surface area contributed by atoms with E-state index in [0.29, 0.717) is 12.8 Å². The van der Waals surface area contributed by atoms with Crippen molar-refractivity contribution in [3.8, 4) is 0 Å². The molecule has 0 aromatic rings. The number of aliphatic carboxylic acids is 1. The van der Waals surface area contributed by atoms with Gasteiger partial charge >= 0.3 is 25.7 Å². The second kappa shape index (κ2) is 37.9. The molecule has 1 unspecified atom stereocenters. The number of unbranched alkanes of at least 4 members (excludes halogenated alkanes) is 24. The Morgan fingerprint density at radius 2 is 1.02 bits per heavy atom. The van der Waals surface area contributed by atoms with Crippen molar-refractivity contribution >= 4 is 25.7 Å². The van der Waals surface area contributed by atoms with E-state index in [1.165, 1.54) is 116 Å². The molecule has 11 nitrogen and oxygen atoms in total. The predicted octanol–water partition coefficient (Wildman–Crippen LogP) is 11.1. The second-order valence-electron chi connectivity index (χ2n) is 14.6. The molecule has 3 atom stereocenters. The third-order valence-electron chi connectivity index (χ3n) is 9.32. The topological polar surface area (TPSA) is 172 Å². The van der Waals surface area contributed by atoms with Crippen LogP contribution in [0.2, 0.25) is 0 Å². The lowest BCUT2D eigenvalue weighted by Crippen LogP contribution is -2.34. The van der Waals surface area contributed by atoms with Crippen molar-refractivity contribution in [2.24, 2.45) is 5.73 Å². The number of carbonyl (C=O) groups excluding carboxylic acids is 2. The maximum Gasteiger partial charge on any atom is 0.472 e. The molecule has 0 fully saturated rings. The van der Waals surface area contributed by atoms with Crippen LogP contribution in [0, 0.1) is 0 Å². The van der Waals surface area contributed by atoms with Gasteiger partial charge in [0, 0.05) is 12.8 Å². The molecule has 12 heteroatoms. The molecule has 0 radical (unpaired) electrons. The van der Waals surface area contributed by atoms with Crippen molar-refractivity contribution in [1.29, 1.82) is 0 Å². The summed E-state index contributed by atoms with van der Waals surface area (Å²) in [4.78, 5) is 45.9. The number of carboxylic acids is 1. The van der Waals surface area contributed by atoms with E-state index < -0.39 is 51.1 Å². The molecule has 0 aliphatic rings. The van der Waals surface area contributed by atoms with Crippen LogP contribution in [-0.4, -0.2) is 59.9 Å². The highest BCUT2D eigenvalue weighted by Gasteiger charge is 2.28. The summed E-state index contributed by atoms with van der Waals surface area (Å²) in [5.41, 5.74) is 5.33. The highest BCUT2D eigenvalue weighted by molar-refractivity contribution is 7.47. The summed E-state index contributed by atoms with van der Waals surface area (Å²) in [5.74, 6) is -2.40. The minimum absolute atomic E-state index is 0.157. The second-order valence-corrected chi connectivity index (χ2v) is 16.0. The van der Waals surface area contributed by atoms with Gasteiger partial charge in [0.05, 0.1) is 13.2 Å². The third kappa shape index (κ3) is 36.9. The molecule has 0 saturated carbocycles. The third-order valence-corrected chi connectivity index (χ3v) is 10.3. The van der Waals surface area contributed by atoms with Crippen LogP contribution in [0.4, 0.5) is 0 Å². The van der Waals surface area contributed by atoms with Gasteiger partial charge in [-0.05, 0) is 51.4 Å². The Hall–Kier alpha value is -2.04. The zero-order valence-electron chi connectivity index (χ0n) is 33.9. The SMILES string of the molecule is C=CCCCCCCCCCCCCCCCC(=O)O[C@H](COC(=O)CCCC/C=C/CCCCCCCCCCC)COP(=O)(O)OC[C@H](N)C(=O)O. The Morgan fingerprint density at radius 3 is 1.52 bits per heavy atom. The fourth-order valence-corrected chi connectivity index (χ4v) is 6.70. The number of rotatable bonds is 41. The molecular weight excluding hydrogens is 709 g/mol. The quantitative estimate of drug-likeness (QED) is 0.0233. The van der Waals surface area contributed by atoms with Crippen LogP contribution < -0.4 is 5.73 Å². The minimum Gasteiger partial charge on any atom is -0.480 e. The molecular formula is C42H78NO10P. The molecule has 4 N–H and O–H groups in total. The van der Waals surface area contributed by atoms with E-state index in [0.717, 1.165) is 44.9 Å². The highest BCUT2D eigenvalue weighted by atomic mass is 31.2. The van der Waals surface area contributed by atoms with E-state index >= 15 is 0 Å². The van der Waals surface area contributed by atoms with Crippen molar-refractivity contribution < 1.29 is 47.5 Å². The number of carbonyl (C=O) groups is 3. The van der Waals surface area contributed by atoms with Crippen LogP contribution in [0.3, 0.4) is 0 Å². The van der Waals surface area contributed by atoms with Crippen molar-refractivity contribution in [2.45, 2.75) is 205 Å². The van der Waals surface area contributed by atoms with Gasteiger partial charge in [0.25, 0.3) is 0 Å². The largest absolute Gasteiger partial charge is 0.480 e. The lowest BCUT2D eigenvalue weighted by molar-refractivity contribution is -0.161. The van der Waals surface area contributed by atoms with E-state index in [2.05, 4.69) is 30.2 Å². The molecule has 0 heterocycles. The lowest BCUT2D eigenvalue weighted by atomic mass is 10.0. The number of carboxylic acid groups (broad SMARTS) is 1. The standard InChI is InChI=1S/C42H78NO10P/c1-3-5-7-9-11-13-15-17-19-21-23-25-27-29-31-33-40(44)50-35-38(36-51-54(48,49)52-37-39(43)42(46)47)53-41(45)34-32-30-28-26-24-22-20-18-16-14-12-10-8-6-4-2/h4,23,25,38-39H,2-3,5-22,24,26-37,43H2,1H3,(H,46,47)(H,48,49)/b25-23+/t38-,39+/m1/s1. The summed E-state index contributed by atoms with van der Waals surface area (Å²) in [6.45, 7) is 4.31. The van der Waals surface area contributed by atoms with Crippen molar-refractivity contribution in [3.05, 3.63) is 24.8 Å². The predicted molar refractivity (Wildman–Crippen MR) is 217 cm³/mol. The molecule has 0 aromatic heterocycles. The number of allylic oxidation sites excluding steroid dienone is 3. The van der Waals surface area contributed by atoms with Crippen molar-refractivity contribution in [1.82, 2.24) is 0 Å². The number of phosphoric acid groups is 1. The molecule has 316 valence electrons. The molecule has 0 aromatic carbocycles. The Bertz CT molecular complexity index is 1010. The van der Waals surface area contributed by atoms with Gasteiger partial charge in [-0.15, -0.1) is 6.58 Å². The van der Waals surface area contributed by atoms with Crippen LogP contribution in [-0.2, 0) is 37.5 Å². The van der Waals surface area contributed by atoms with Crippen LogP contribution in [0.25, 0.3) is 0 Å². The van der Waals surface area contributed by atoms with Crippen LogP contribution in [0.1, 0.15) is 193 Å². The summed E-state index contributed by atoms with van der Waals surface area (Å²) < 4.78 is 32.6. The summed E-state index contributed by atoms with van der Waals surface area (Å²) in [5, 5.41) is 8.88. The summed E-state index contributed by atoms with van der Waals surface area (Å²) in [6, 6.07) is -1.52. The molecule has 54 heavy (non-hydrogen) atoms. The van der Waals surface area contributed by atoms with E-state index in [4.69, 9.17) is 24.8 Å². The van der Waals surface area contributed by atoms with Gasteiger partial charge < -0.3 is 25.2 Å². The molecule has 0 aliphatic heterocycles. The molecule has 0 spiro atoms. The number of hydrogen-bond acceptors (Lipinski definition) is 9. The van der Waals surface area contributed by atoms with Gasteiger partial charge in [-0.1, -0.05) is 147 Å². The van der Waals surface area contributed by atoms with Gasteiger partial charge in [0.15, 0.2) is 6.10 Å². The number of esters is 2. The van der Waals surface area contributed by atoms with Gasteiger partial charge in [-0.3, -0.25) is 23.4 Å². The summed E-state index contributed by atoms with van der Waals surface area (Å²) in [7, 11) is -4.72. The van der Waals surface area contributed by atoms with E-state index in [-0.39, 0.29) is 19.4 Å². The number of hydrogen-bond donors (Lipinski definition) is 3. The van der Waals surface area contributed by atoms with Gasteiger partial charge in [0.1, 0.15) is 12.6 Å². The first-order valence-electron chi connectivity index (χ1n) is 21.3. The van der Waals surface area contributed by atoms with E-state index in [1.54, 1.807) is 0 Å². The fraction of sp³-hybridized carbons (Fsp3) is 0.833. The normalized spacial score (nSPS) is 13.8. The fourth-order valence-electron chi connectivity index (χ4n) is 5.92. The molecule has 0 saturated heterocycles. The molecule has 0 amide bonds. The Morgan fingerprint density at radius 1 is 0.611 bits per heavy atom. The Balaban J connectivity index is 4.37. The summed E-state index contributed by atoms with van der Waals surface area (Å²) in [6.07, 6.45) is 37.1. The monoisotopic (exact) mass is 788 g/mol. The molecule has 0 aliphatic carbocycles. The van der Waals surface area contributed by atoms with E-state index in [1.807, 2.05) is 6.08 Å². The Labute approximate surface area is 328 Å². The molecule has 0 rings (SSSR count). The first-order valence-corrected chi connectivity index (χ1v) is 22.8. The van der Waals surface area contributed by atoms with Gasteiger partial charge in [0.2, 0.25) is 0 Å². The smallest absolute Gasteiger partial charge is 0.472 e. The maximum absolute atomic E-state index is 12.6. The molecule has 0 bridgehead atoms. The van der Waals surface area contributed by atoms with Crippen molar-refractivity contribution in [2.75, 3.05) is 19.8 Å². The first kappa shape index (κ1) is 52.0.